The SMILES string of the molecule is CN=C(NCc1cccn1C)N1CC(=O)N(C(C)C)C(C)(C)C1.I. The number of aromatic nitrogens is 1. The number of carbonyl (C=O) groups excluding carboxylic acids is 1. The van der Waals surface area contributed by atoms with Crippen LogP contribution in [-0.4, -0.2) is 58.0 Å². The van der Waals surface area contributed by atoms with Gasteiger partial charge in [0.25, 0.3) is 0 Å². The molecule has 0 spiro atoms. The van der Waals surface area contributed by atoms with Crippen molar-refractivity contribution < 1.29 is 4.79 Å². The van der Waals surface area contributed by atoms with E-state index in [1.807, 2.05) is 29.1 Å². The highest BCUT2D eigenvalue weighted by Crippen LogP contribution is 2.24. The lowest BCUT2D eigenvalue weighted by molar-refractivity contribution is -0.145. The molecule has 1 N–H and O–H groups in total. The first-order valence-electron chi connectivity index (χ1n) is 8.14. The third-order valence-corrected chi connectivity index (χ3v) is 4.33. The van der Waals surface area contributed by atoms with Crippen molar-refractivity contribution in [2.75, 3.05) is 20.1 Å². The fourth-order valence-corrected chi connectivity index (χ4v) is 3.49. The number of aliphatic imine (C=N–C) groups is 1. The Balaban J connectivity index is 0.00000288. The Kier molecular flexibility index (Phi) is 7.12. The molecule has 1 aliphatic heterocycles. The molecular weight excluding hydrogens is 417 g/mol. The molecule has 7 heteroatoms. The summed E-state index contributed by atoms with van der Waals surface area (Å²) in [4.78, 5) is 21.0. The highest BCUT2D eigenvalue weighted by Gasteiger charge is 2.40. The van der Waals surface area contributed by atoms with Crippen LogP contribution in [0.4, 0.5) is 0 Å². The van der Waals surface area contributed by atoms with Crippen molar-refractivity contribution in [3.63, 3.8) is 0 Å². The third kappa shape index (κ3) is 4.43. The summed E-state index contributed by atoms with van der Waals surface area (Å²) in [7, 11) is 3.79. The van der Waals surface area contributed by atoms with Gasteiger partial charge < -0.3 is 19.7 Å². The minimum atomic E-state index is -0.216. The van der Waals surface area contributed by atoms with Gasteiger partial charge in [-0.15, -0.1) is 24.0 Å². The minimum absolute atomic E-state index is 0. The van der Waals surface area contributed by atoms with E-state index in [9.17, 15) is 4.79 Å². The van der Waals surface area contributed by atoms with Crippen LogP contribution in [0.3, 0.4) is 0 Å². The van der Waals surface area contributed by atoms with Gasteiger partial charge in [-0.25, -0.2) is 0 Å². The fourth-order valence-electron chi connectivity index (χ4n) is 3.49. The van der Waals surface area contributed by atoms with E-state index in [2.05, 4.69) is 48.6 Å². The average Bonchev–Trinajstić information content (AvgIpc) is 2.82. The standard InChI is InChI=1S/C17H29N5O.HI/c1-13(2)22-15(23)11-21(12-17(22,3)4)16(18-5)19-10-14-8-7-9-20(14)6;/h7-9,13H,10-12H2,1-6H3,(H,18,19);1H. The Bertz CT molecular complexity index is 594. The smallest absolute Gasteiger partial charge is 0.242 e. The van der Waals surface area contributed by atoms with Crippen molar-refractivity contribution in [3.8, 4) is 0 Å². The predicted molar refractivity (Wildman–Crippen MR) is 109 cm³/mol. The highest BCUT2D eigenvalue weighted by atomic mass is 127. The molecule has 1 aromatic heterocycles. The van der Waals surface area contributed by atoms with Crippen LogP contribution in [0.25, 0.3) is 0 Å². The summed E-state index contributed by atoms with van der Waals surface area (Å²) in [6.07, 6.45) is 2.02. The number of nitrogens with zero attached hydrogens (tertiary/aromatic N) is 4. The van der Waals surface area contributed by atoms with Crippen LogP contribution in [0.15, 0.2) is 23.3 Å². The number of carbonyl (C=O) groups is 1. The molecular formula is C17H30IN5O. The molecule has 0 aromatic carbocycles. The number of hydrogen-bond acceptors (Lipinski definition) is 2. The van der Waals surface area contributed by atoms with Gasteiger partial charge in [-0.05, 0) is 39.8 Å². The van der Waals surface area contributed by atoms with Crippen LogP contribution >= 0.6 is 24.0 Å². The number of nitrogens with one attached hydrogen (secondary N) is 1. The van der Waals surface area contributed by atoms with Crippen molar-refractivity contribution in [1.82, 2.24) is 19.7 Å². The molecule has 2 heterocycles. The lowest BCUT2D eigenvalue weighted by Crippen LogP contribution is -2.66. The molecule has 1 aliphatic rings. The number of guanidine groups is 1. The van der Waals surface area contributed by atoms with Crippen LogP contribution < -0.4 is 5.32 Å². The number of piperazine rings is 1. The van der Waals surface area contributed by atoms with Gasteiger partial charge in [0, 0.05) is 38.6 Å². The molecule has 0 aliphatic carbocycles. The zero-order valence-corrected chi connectivity index (χ0v) is 17.9. The topological polar surface area (TPSA) is 52.9 Å². The average molecular weight is 447 g/mol. The summed E-state index contributed by atoms with van der Waals surface area (Å²) in [5.74, 6) is 0.925. The van der Waals surface area contributed by atoms with Gasteiger partial charge in [0.15, 0.2) is 5.96 Å². The van der Waals surface area contributed by atoms with Crippen molar-refractivity contribution in [1.29, 1.82) is 0 Å². The first-order valence-corrected chi connectivity index (χ1v) is 8.14. The van der Waals surface area contributed by atoms with Gasteiger partial charge in [0.05, 0.1) is 18.6 Å². The Morgan fingerprint density at radius 1 is 1.42 bits per heavy atom. The Hall–Kier alpha value is -1.25. The van der Waals surface area contributed by atoms with Gasteiger partial charge >= 0.3 is 0 Å². The van der Waals surface area contributed by atoms with Crippen LogP contribution in [0, 0.1) is 0 Å². The molecule has 0 bridgehead atoms. The zero-order chi connectivity index (χ0) is 17.2. The van der Waals surface area contributed by atoms with Gasteiger partial charge in [-0.2, -0.15) is 0 Å². The molecule has 1 aromatic rings. The summed E-state index contributed by atoms with van der Waals surface area (Å²) in [6.45, 7) is 10.2. The van der Waals surface area contributed by atoms with E-state index in [0.717, 1.165) is 12.5 Å². The fraction of sp³-hybridized carbons (Fsp3) is 0.647. The van der Waals surface area contributed by atoms with Crippen LogP contribution in [0.1, 0.15) is 33.4 Å². The molecule has 0 radical (unpaired) electrons. The van der Waals surface area contributed by atoms with Gasteiger partial charge in [-0.1, -0.05) is 0 Å². The molecule has 1 fully saturated rings. The van der Waals surface area contributed by atoms with Crippen molar-refractivity contribution in [2.45, 2.75) is 45.8 Å². The van der Waals surface area contributed by atoms with E-state index in [1.165, 1.54) is 5.69 Å². The van der Waals surface area contributed by atoms with Gasteiger partial charge in [0.2, 0.25) is 5.91 Å². The first kappa shape index (κ1) is 20.8. The predicted octanol–water partition coefficient (Wildman–Crippen LogP) is 2.05. The maximum absolute atomic E-state index is 12.6. The highest BCUT2D eigenvalue weighted by molar-refractivity contribution is 14.0. The van der Waals surface area contributed by atoms with Crippen LogP contribution in [0.2, 0.25) is 0 Å². The van der Waals surface area contributed by atoms with E-state index < -0.39 is 0 Å². The van der Waals surface area contributed by atoms with Crippen molar-refractivity contribution >= 4 is 35.8 Å². The Morgan fingerprint density at radius 2 is 2.08 bits per heavy atom. The minimum Gasteiger partial charge on any atom is -0.353 e. The number of amides is 1. The molecule has 136 valence electrons. The van der Waals surface area contributed by atoms with E-state index in [1.54, 1.807) is 7.05 Å². The van der Waals surface area contributed by atoms with E-state index in [0.29, 0.717) is 13.1 Å². The zero-order valence-electron chi connectivity index (χ0n) is 15.5. The molecule has 0 atom stereocenters. The summed E-state index contributed by atoms with van der Waals surface area (Å²) in [5, 5.41) is 3.37. The van der Waals surface area contributed by atoms with Gasteiger partial charge in [-0.3, -0.25) is 9.79 Å². The second kappa shape index (κ2) is 8.22. The quantitative estimate of drug-likeness (QED) is 0.439. The Labute approximate surface area is 162 Å². The maximum atomic E-state index is 12.6. The summed E-state index contributed by atoms with van der Waals surface area (Å²) < 4.78 is 2.08. The van der Waals surface area contributed by atoms with Crippen molar-refractivity contribution in [3.05, 3.63) is 24.0 Å². The Morgan fingerprint density at radius 3 is 2.54 bits per heavy atom. The molecule has 0 unspecified atom stereocenters. The van der Waals surface area contributed by atoms with Gasteiger partial charge in [0.1, 0.15) is 0 Å². The second-order valence-corrected chi connectivity index (χ2v) is 7.04. The van der Waals surface area contributed by atoms with E-state index in [4.69, 9.17) is 0 Å². The molecule has 24 heavy (non-hydrogen) atoms. The molecule has 1 saturated heterocycles. The molecule has 1 amide bonds. The summed E-state index contributed by atoms with van der Waals surface area (Å²) >= 11 is 0. The second-order valence-electron chi connectivity index (χ2n) is 7.04. The number of rotatable bonds is 3. The number of halogens is 1. The van der Waals surface area contributed by atoms with Crippen LogP contribution in [-0.2, 0) is 18.4 Å². The number of hydrogen-bond donors (Lipinski definition) is 1. The normalized spacial score (nSPS) is 18.0. The molecule has 2 rings (SSSR count). The van der Waals surface area contributed by atoms with Crippen LogP contribution in [0.5, 0.6) is 0 Å². The number of aryl methyl sites for hydroxylation is 1. The lowest BCUT2D eigenvalue weighted by Gasteiger charge is -2.49. The molecule has 6 nitrogen and oxygen atoms in total. The first-order chi connectivity index (χ1) is 10.8. The summed E-state index contributed by atoms with van der Waals surface area (Å²) in [6, 6.07) is 4.30. The van der Waals surface area contributed by atoms with E-state index >= 15 is 0 Å². The largest absolute Gasteiger partial charge is 0.353 e. The van der Waals surface area contributed by atoms with Crippen molar-refractivity contribution in [2.24, 2.45) is 12.0 Å². The lowest BCUT2D eigenvalue weighted by atomic mass is 9.96. The third-order valence-electron chi connectivity index (χ3n) is 4.33. The summed E-state index contributed by atoms with van der Waals surface area (Å²) in [5.41, 5.74) is 0.962. The van der Waals surface area contributed by atoms with E-state index in [-0.39, 0.29) is 41.5 Å². The molecule has 0 saturated carbocycles. The monoisotopic (exact) mass is 447 g/mol. The maximum Gasteiger partial charge on any atom is 0.242 e.